The number of hydrogen-bond acceptors (Lipinski definition) is 7. The van der Waals surface area contributed by atoms with Crippen molar-refractivity contribution in [3.05, 3.63) is 34.7 Å². The normalized spacial score (nSPS) is 11.9. The van der Waals surface area contributed by atoms with Crippen LogP contribution in [0.15, 0.2) is 16.6 Å². The van der Waals surface area contributed by atoms with Crippen LogP contribution in [0, 0.1) is 17.5 Å². The Bertz CT molecular complexity index is 776. The highest BCUT2D eigenvalue weighted by Crippen LogP contribution is 2.31. The number of aliphatic imine (C=N–C) groups is 1. The van der Waals surface area contributed by atoms with Crippen molar-refractivity contribution >= 4 is 23.9 Å². The van der Waals surface area contributed by atoms with Gasteiger partial charge in [0.1, 0.15) is 17.9 Å². The summed E-state index contributed by atoms with van der Waals surface area (Å²) in [4.78, 5) is 26.9. The van der Waals surface area contributed by atoms with E-state index in [0.29, 0.717) is 6.07 Å². The van der Waals surface area contributed by atoms with Crippen LogP contribution < -0.4 is 4.74 Å². The number of aliphatic hydroxyl groups is 1. The van der Waals surface area contributed by atoms with E-state index in [-0.39, 0.29) is 13.2 Å². The Hall–Kier alpha value is -3.04. The monoisotopic (exact) mass is 389 g/mol. The molecule has 0 aliphatic rings. The highest BCUT2D eigenvalue weighted by atomic mass is 19.2. The molecule has 0 aliphatic heterocycles. The highest BCUT2D eigenvalue weighted by molar-refractivity contribution is 6.15. The Kier molecular flexibility index (Phi) is 8.31. The molecular formula is C17H18F3NO6. The summed E-state index contributed by atoms with van der Waals surface area (Å²) in [6, 6.07) is 0.348. The summed E-state index contributed by atoms with van der Waals surface area (Å²) in [7, 11) is 0.901. The van der Waals surface area contributed by atoms with Crippen molar-refractivity contribution in [3.8, 4) is 5.75 Å². The number of carbonyl (C=O) groups excluding carboxylic acids is 2. The molecule has 1 N–H and O–H groups in total. The van der Waals surface area contributed by atoms with E-state index >= 15 is 0 Å². The summed E-state index contributed by atoms with van der Waals surface area (Å²) >= 11 is 0. The molecule has 0 atom stereocenters. The molecule has 27 heavy (non-hydrogen) atoms. The number of hydrogen-bond donors (Lipinski definition) is 1. The highest BCUT2D eigenvalue weighted by Gasteiger charge is 2.25. The Morgan fingerprint density at radius 2 is 1.78 bits per heavy atom. The molecule has 10 heteroatoms. The fourth-order valence-corrected chi connectivity index (χ4v) is 1.91. The van der Waals surface area contributed by atoms with Crippen LogP contribution in [0.2, 0.25) is 0 Å². The molecule has 0 fully saturated rings. The van der Waals surface area contributed by atoms with Gasteiger partial charge in [-0.2, -0.15) is 4.39 Å². The van der Waals surface area contributed by atoms with Gasteiger partial charge in [-0.1, -0.05) is 0 Å². The lowest BCUT2D eigenvalue weighted by molar-refractivity contribution is -0.141. The van der Waals surface area contributed by atoms with Crippen LogP contribution in [-0.4, -0.2) is 50.1 Å². The predicted molar refractivity (Wildman–Crippen MR) is 89.0 cm³/mol. The summed E-state index contributed by atoms with van der Waals surface area (Å²) in [6.07, 6.45) is 0.747. The van der Waals surface area contributed by atoms with Gasteiger partial charge in [-0.15, -0.1) is 0 Å². The standard InChI is InChI=1S/C17H18F3NO6/c1-4-26-12(22)8-21-7-10(17(24)27-5-2)15(23)9-6-11(18)14(20)16(25-3)13(9)19/h6-7,23H,4-5,8H2,1-3H3/b15-10-,21-7?. The molecule has 148 valence electrons. The van der Waals surface area contributed by atoms with E-state index in [1.807, 2.05) is 0 Å². The van der Waals surface area contributed by atoms with Crippen LogP contribution in [0.4, 0.5) is 13.2 Å². The maximum Gasteiger partial charge on any atom is 0.343 e. The van der Waals surface area contributed by atoms with Gasteiger partial charge in [-0.25, -0.2) is 13.6 Å². The first-order valence-corrected chi connectivity index (χ1v) is 7.75. The number of methoxy groups -OCH3 is 1. The Labute approximate surface area is 153 Å². The Morgan fingerprint density at radius 3 is 2.33 bits per heavy atom. The molecular weight excluding hydrogens is 371 g/mol. The average molecular weight is 389 g/mol. The summed E-state index contributed by atoms with van der Waals surface area (Å²) in [6.45, 7) is 2.58. The van der Waals surface area contributed by atoms with E-state index in [0.717, 1.165) is 13.3 Å². The van der Waals surface area contributed by atoms with Gasteiger partial charge in [0, 0.05) is 6.21 Å². The van der Waals surface area contributed by atoms with E-state index in [2.05, 4.69) is 14.5 Å². The minimum atomic E-state index is -1.60. The lowest BCUT2D eigenvalue weighted by Crippen LogP contribution is -2.14. The fraction of sp³-hybridized carbons (Fsp3) is 0.353. The molecule has 7 nitrogen and oxygen atoms in total. The van der Waals surface area contributed by atoms with Crippen molar-refractivity contribution in [1.29, 1.82) is 0 Å². The van der Waals surface area contributed by atoms with E-state index in [4.69, 9.17) is 4.74 Å². The molecule has 0 heterocycles. The van der Waals surface area contributed by atoms with E-state index in [1.54, 1.807) is 6.92 Å². The van der Waals surface area contributed by atoms with E-state index < -0.39 is 58.6 Å². The summed E-state index contributed by atoms with van der Waals surface area (Å²) in [5, 5.41) is 10.2. The first kappa shape index (κ1) is 22.0. The van der Waals surface area contributed by atoms with Crippen molar-refractivity contribution in [2.24, 2.45) is 4.99 Å². The third-order valence-corrected chi connectivity index (χ3v) is 3.07. The third-order valence-electron chi connectivity index (χ3n) is 3.07. The van der Waals surface area contributed by atoms with Gasteiger partial charge in [0.2, 0.25) is 5.82 Å². The van der Waals surface area contributed by atoms with Crippen LogP contribution in [0.3, 0.4) is 0 Å². The van der Waals surface area contributed by atoms with Crippen molar-refractivity contribution in [1.82, 2.24) is 0 Å². The largest absolute Gasteiger partial charge is 0.506 e. The topological polar surface area (TPSA) is 94.4 Å². The molecule has 0 bridgehead atoms. The molecule has 0 saturated carbocycles. The van der Waals surface area contributed by atoms with Crippen molar-refractivity contribution in [3.63, 3.8) is 0 Å². The molecule has 0 radical (unpaired) electrons. The van der Waals surface area contributed by atoms with Gasteiger partial charge in [0.15, 0.2) is 17.4 Å². The van der Waals surface area contributed by atoms with Gasteiger partial charge in [0.05, 0.1) is 25.9 Å². The van der Waals surface area contributed by atoms with Gasteiger partial charge in [0.25, 0.3) is 0 Å². The number of nitrogens with zero attached hydrogens (tertiary/aromatic N) is 1. The predicted octanol–water partition coefficient (Wildman–Crippen LogP) is 2.58. The lowest BCUT2D eigenvalue weighted by atomic mass is 10.1. The molecule has 1 rings (SSSR count). The SMILES string of the molecule is CCOC(=O)CN=C/C(C(=O)OCC)=C(/O)c1cc(F)c(F)c(OC)c1F. The van der Waals surface area contributed by atoms with Crippen LogP contribution >= 0.6 is 0 Å². The zero-order valence-corrected chi connectivity index (χ0v) is 14.8. The van der Waals surface area contributed by atoms with Crippen LogP contribution in [0.5, 0.6) is 5.75 Å². The maximum atomic E-state index is 14.3. The number of aliphatic hydroxyl groups excluding tert-OH is 1. The van der Waals surface area contributed by atoms with Gasteiger partial charge in [-0.05, 0) is 19.9 Å². The second-order valence-corrected chi connectivity index (χ2v) is 4.82. The number of benzene rings is 1. The molecule has 0 amide bonds. The van der Waals surface area contributed by atoms with Crippen molar-refractivity contribution in [2.45, 2.75) is 13.8 Å². The zero-order chi connectivity index (χ0) is 20.6. The second kappa shape index (κ2) is 10.2. The van der Waals surface area contributed by atoms with Crippen LogP contribution in [-0.2, 0) is 19.1 Å². The smallest absolute Gasteiger partial charge is 0.343 e. The Balaban J connectivity index is 3.44. The average Bonchev–Trinajstić information content (AvgIpc) is 2.62. The molecule has 0 aromatic heterocycles. The summed E-state index contributed by atoms with van der Waals surface area (Å²) in [5.74, 6) is -8.53. The molecule has 0 aliphatic carbocycles. The number of rotatable bonds is 8. The van der Waals surface area contributed by atoms with Gasteiger partial charge < -0.3 is 19.3 Å². The third kappa shape index (κ3) is 5.47. The fourth-order valence-electron chi connectivity index (χ4n) is 1.91. The summed E-state index contributed by atoms with van der Waals surface area (Å²) < 4.78 is 55.3. The molecule has 0 spiro atoms. The minimum Gasteiger partial charge on any atom is -0.506 e. The minimum absolute atomic E-state index is 0.0923. The van der Waals surface area contributed by atoms with Crippen molar-refractivity contribution < 1.29 is 42.1 Å². The molecule has 1 aromatic carbocycles. The number of carbonyl (C=O) groups is 2. The Morgan fingerprint density at radius 1 is 1.15 bits per heavy atom. The van der Waals surface area contributed by atoms with E-state index in [1.165, 1.54) is 6.92 Å². The zero-order valence-electron chi connectivity index (χ0n) is 14.8. The van der Waals surface area contributed by atoms with Crippen LogP contribution in [0.1, 0.15) is 19.4 Å². The number of ether oxygens (including phenoxy) is 3. The molecule has 0 unspecified atom stereocenters. The van der Waals surface area contributed by atoms with Gasteiger partial charge >= 0.3 is 11.9 Å². The maximum absolute atomic E-state index is 14.3. The first-order valence-electron chi connectivity index (χ1n) is 7.75. The van der Waals surface area contributed by atoms with Crippen LogP contribution in [0.25, 0.3) is 5.76 Å². The van der Waals surface area contributed by atoms with Gasteiger partial charge in [-0.3, -0.25) is 9.79 Å². The van der Waals surface area contributed by atoms with E-state index in [9.17, 15) is 27.9 Å². The quantitative estimate of drug-likeness (QED) is 0.241. The van der Waals surface area contributed by atoms with Crippen molar-refractivity contribution in [2.75, 3.05) is 26.9 Å². The number of esters is 2. The molecule has 0 saturated heterocycles. The number of halogens is 3. The second-order valence-electron chi connectivity index (χ2n) is 4.82. The summed E-state index contributed by atoms with van der Waals surface area (Å²) in [5.41, 5.74) is -1.52. The first-order chi connectivity index (χ1) is 12.8. The lowest BCUT2D eigenvalue weighted by Gasteiger charge is -2.11. The molecule has 1 aromatic rings.